The van der Waals surface area contributed by atoms with Crippen molar-refractivity contribution in [2.45, 2.75) is 38.1 Å². The topological polar surface area (TPSA) is 54.3 Å². The number of halogens is 1. The molecule has 0 aliphatic carbocycles. The Kier molecular flexibility index (Phi) is 5.25. The molecule has 0 saturated carbocycles. The van der Waals surface area contributed by atoms with Crippen molar-refractivity contribution >= 4 is 17.2 Å². The highest BCUT2D eigenvalue weighted by Gasteiger charge is 2.34. The summed E-state index contributed by atoms with van der Waals surface area (Å²) < 4.78 is 15.5. The van der Waals surface area contributed by atoms with Crippen LogP contribution in [-0.2, 0) is 11.3 Å². The maximum Gasteiger partial charge on any atom is 0.247 e. The highest BCUT2D eigenvalue weighted by atomic mass is 32.1. The molecule has 1 fully saturated rings. The van der Waals surface area contributed by atoms with E-state index in [1.165, 1.54) is 22.2 Å². The molecule has 6 nitrogen and oxygen atoms in total. The van der Waals surface area contributed by atoms with E-state index in [-0.39, 0.29) is 11.9 Å². The first-order chi connectivity index (χ1) is 11.5. The highest BCUT2D eigenvalue weighted by Crippen LogP contribution is 2.25. The zero-order valence-corrected chi connectivity index (χ0v) is 14.7. The third kappa shape index (κ3) is 3.81. The zero-order valence-electron chi connectivity index (χ0n) is 13.9. The molecular weight excluding hydrogens is 329 g/mol. The van der Waals surface area contributed by atoms with Crippen LogP contribution in [0.25, 0.3) is 0 Å². The Morgan fingerprint density at radius 2 is 2.42 bits per heavy atom. The number of rotatable bonds is 6. The van der Waals surface area contributed by atoms with Crippen molar-refractivity contribution in [2.24, 2.45) is 0 Å². The van der Waals surface area contributed by atoms with Crippen LogP contribution in [0.3, 0.4) is 0 Å². The maximum absolute atomic E-state index is 13.9. The van der Waals surface area contributed by atoms with Gasteiger partial charge in [-0.25, -0.2) is 14.1 Å². The van der Waals surface area contributed by atoms with Crippen molar-refractivity contribution in [1.29, 1.82) is 0 Å². The Labute approximate surface area is 144 Å². The molecule has 3 heterocycles. The summed E-state index contributed by atoms with van der Waals surface area (Å²) in [6.45, 7) is 3.49. The molecule has 3 atom stereocenters. The highest BCUT2D eigenvalue weighted by molar-refractivity contribution is 7.09. The van der Waals surface area contributed by atoms with Gasteiger partial charge >= 0.3 is 0 Å². The fourth-order valence-electron chi connectivity index (χ4n) is 3.16. The van der Waals surface area contributed by atoms with Gasteiger partial charge in [0.1, 0.15) is 24.9 Å². The maximum atomic E-state index is 13.9. The summed E-state index contributed by atoms with van der Waals surface area (Å²) in [7, 11) is 1.77. The van der Waals surface area contributed by atoms with Crippen LogP contribution in [0, 0.1) is 0 Å². The van der Waals surface area contributed by atoms with Crippen LogP contribution >= 0.6 is 11.3 Å². The molecule has 1 unspecified atom stereocenters. The Morgan fingerprint density at radius 3 is 3.08 bits per heavy atom. The predicted molar refractivity (Wildman–Crippen MR) is 90.4 cm³/mol. The Bertz CT molecular complexity index is 647. The predicted octanol–water partition coefficient (Wildman–Crippen LogP) is 1.97. The van der Waals surface area contributed by atoms with Crippen molar-refractivity contribution in [3.05, 3.63) is 35.0 Å². The van der Waals surface area contributed by atoms with Gasteiger partial charge in [-0.15, -0.1) is 11.3 Å². The van der Waals surface area contributed by atoms with Crippen LogP contribution in [0.15, 0.2) is 30.2 Å². The summed E-state index contributed by atoms with van der Waals surface area (Å²) in [4.78, 5) is 21.5. The largest absolute Gasteiger partial charge is 0.342 e. The third-order valence-electron chi connectivity index (χ3n) is 4.47. The first-order valence-corrected chi connectivity index (χ1v) is 8.92. The molecule has 1 aliphatic heterocycles. The molecule has 8 heteroatoms. The summed E-state index contributed by atoms with van der Waals surface area (Å²) in [5.74, 6) is -0.0427. The van der Waals surface area contributed by atoms with Gasteiger partial charge in [-0.3, -0.25) is 9.69 Å². The minimum absolute atomic E-state index is 0.0407. The lowest BCUT2D eigenvalue weighted by atomic mass is 10.2. The van der Waals surface area contributed by atoms with Crippen molar-refractivity contribution in [1.82, 2.24) is 24.6 Å². The number of thiophene rings is 1. The van der Waals surface area contributed by atoms with E-state index in [1.807, 2.05) is 11.4 Å². The monoisotopic (exact) mass is 351 g/mol. The van der Waals surface area contributed by atoms with Crippen LogP contribution in [0.1, 0.15) is 24.3 Å². The van der Waals surface area contributed by atoms with Gasteiger partial charge in [0.15, 0.2) is 0 Å². The lowest BCUT2D eigenvalue weighted by Gasteiger charge is -2.29. The van der Waals surface area contributed by atoms with Crippen molar-refractivity contribution in [3.63, 3.8) is 0 Å². The molecule has 0 bridgehead atoms. The molecule has 0 aromatic carbocycles. The van der Waals surface area contributed by atoms with Crippen molar-refractivity contribution < 1.29 is 9.18 Å². The Hall–Kier alpha value is -1.80. The molecule has 0 N–H and O–H groups in total. The van der Waals surface area contributed by atoms with E-state index in [2.05, 4.69) is 21.0 Å². The van der Waals surface area contributed by atoms with Gasteiger partial charge in [0.05, 0.1) is 0 Å². The number of likely N-dealkylation sites (N-methyl/N-ethyl adjacent to an activating group) is 1. The van der Waals surface area contributed by atoms with Crippen LogP contribution in [0.2, 0.25) is 0 Å². The molecular formula is C16H22FN5OS. The Morgan fingerprint density at radius 1 is 1.58 bits per heavy atom. The molecule has 0 radical (unpaired) electrons. The molecule has 2 aromatic heterocycles. The second-order valence-corrected chi connectivity index (χ2v) is 7.30. The molecule has 24 heavy (non-hydrogen) atoms. The van der Waals surface area contributed by atoms with Gasteiger partial charge in [-0.05, 0) is 24.8 Å². The summed E-state index contributed by atoms with van der Waals surface area (Å²) in [6.07, 6.45) is 2.59. The fraction of sp³-hybridized carbons (Fsp3) is 0.562. The van der Waals surface area contributed by atoms with E-state index in [4.69, 9.17) is 0 Å². The standard InChI is InChI=1S/C16H22FN5OS/c1-12(22-11-18-10-19-22)16(23)20(2)8-14-6-13(17)7-21(14)9-15-4-3-5-24-15/h3-5,10-14H,6-9H2,1-2H3/t12?,13-,14-/m0/s1. The van der Waals surface area contributed by atoms with E-state index < -0.39 is 12.2 Å². The summed E-state index contributed by atoms with van der Waals surface area (Å²) in [5, 5.41) is 6.05. The van der Waals surface area contributed by atoms with Gasteiger partial charge in [0, 0.05) is 37.6 Å². The normalized spacial score (nSPS) is 22.6. The minimum atomic E-state index is -0.828. The van der Waals surface area contributed by atoms with Gasteiger partial charge in [0.2, 0.25) is 5.91 Å². The lowest BCUT2D eigenvalue weighted by molar-refractivity contribution is -0.133. The molecule has 3 rings (SSSR count). The summed E-state index contributed by atoms with van der Waals surface area (Å²) in [5.41, 5.74) is 0. The van der Waals surface area contributed by atoms with Crippen LogP contribution in [0.4, 0.5) is 4.39 Å². The number of likely N-dealkylation sites (tertiary alicyclic amines) is 1. The summed E-state index contributed by atoms with van der Waals surface area (Å²) >= 11 is 1.68. The third-order valence-corrected chi connectivity index (χ3v) is 5.33. The number of nitrogens with zero attached hydrogens (tertiary/aromatic N) is 5. The number of alkyl halides is 1. The number of carbonyl (C=O) groups is 1. The number of amides is 1. The molecule has 2 aromatic rings. The lowest BCUT2D eigenvalue weighted by Crippen LogP contribution is -2.43. The van der Waals surface area contributed by atoms with E-state index in [9.17, 15) is 9.18 Å². The van der Waals surface area contributed by atoms with Crippen LogP contribution in [-0.4, -0.2) is 62.8 Å². The van der Waals surface area contributed by atoms with E-state index >= 15 is 0 Å². The average molecular weight is 351 g/mol. The number of hydrogen-bond acceptors (Lipinski definition) is 5. The van der Waals surface area contributed by atoms with Gasteiger partial charge in [-0.2, -0.15) is 5.10 Å². The number of hydrogen-bond donors (Lipinski definition) is 0. The zero-order chi connectivity index (χ0) is 17.1. The van der Waals surface area contributed by atoms with E-state index in [0.717, 1.165) is 6.54 Å². The second kappa shape index (κ2) is 7.40. The second-order valence-electron chi connectivity index (χ2n) is 6.27. The first-order valence-electron chi connectivity index (χ1n) is 8.04. The minimum Gasteiger partial charge on any atom is -0.342 e. The number of carbonyl (C=O) groups excluding carboxylic acids is 1. The van der Waals surface area contributed by atoms with Crippen LogP contribution < -0.4 is 0 Å². The molecule has 1 aliphatic rings. The molecule has 130 valence electrons. The van der Waals surface area contributed by atoms with Crippen molar-refractivity contribution in [2.75, 3.05) is 20.1 Å². The fourth-order valence-corrected chi connectivity index (χ4v) is 3.89. The summed E-state index contributed by atoms with van der Waals surface area (Å²) in [6, 6.07) is 3.70. The van der Waals surface area contributed by atoms with Gasteiger partial charge in [-0.1, -0.05) is 6.07 Å². The van der Waals surface area contributed by atoms with Crippen molar-refractivity contribution in [3.8, 4) is 0 Å². The molecule has 1 saturated heterocycles. The number of aromatic nitrogens is 3. The molecule has 1 amide bonds. The quantitative estimate of drug-likeness (QED) is 0.798. The van der Waals surface area contributed by atoms with Gasteiger partial charge in [0.25, 0.3) is 0 Å². The Balaban J connectivity index is 1.61. The van der Waals surface area contributed by atoms with E-state index in [1.54, 1.807) is 30.2 Å². The average Bonchev–Trinajstić information content (AvgIpc) is 3.29. The molecule has 0 spiro atoms. The van der Waals surface area contributed by atoms with Crippen LogP contribution in [0.5, 0.6) is 0 Å². The van der Waals surface area contributed by atoms with Gasteiger partial charge < -0.3 is 4.90 Å². The van der Waals surface area contributed by atoms with E-state index in [0.29, 0.717) is 19.5 Å². The SMILES string of the molecule is CC(C(=O)N(C)C[C@@H]1C[C@H](F)CN1Cc1cccs1)n1cncn1. The smallest absolute Gasteiger partial charge is 0.247 e. The first kappa shape index (κ1) is 17.0.